The number of esters is 1. The second-order valence-corrected chi connectivity index (χ2v) is 5.05. The molecule has 0 fully saturated rings. The van der Waals surface area contributed by atoms with Crippen LogP contribution in [0.25, 0.3) is 21.9 Å². The highest BCUT2D eigenvalue weighted by Crippen LogP contribution is 2.36. The van der Waals surface area contributed by atoms with E-state index in [1.165, 1.54) is 20.3 Å². The summed E-state index contributed by atoms with van der Waals surface area (Å²) in [5.74, 6) is -0.650. The number of hydrogen-bond acceptors (Lipinski definition) is 3. The highest BCUT2D eigenvalue weighted by molar-refractivity contribution is 6.02. The molecule has 0 aliphatic rings. The van der Waals surface area contributed by atoms with Gasteiger partial charge in [-0.05, 0) is 34.5 Å². The van der Waals surface area contributed by atoms with Gasteiger partial charge in [0, 0.05) is 5.56 Å². The molecule has 0 aromatic heterocycles. The quantitative estimate of drug-likeness (QED) is 0.671. The Hall–Kier alpha value is -2.88. The Kier molecular flexibility index (Phi) is 3.98. The summed E-state index contributed by atoms with van der Waals surface area (Å²) in [6, 6.07) is 15.8. The van der Waals surface area contributed by atoms with Gasteiger partial charge in [0.05, 0.1) is 19.8 Å². The lowest BCUT2D eigenvalue weighted by molar-refractivity contribution is 0.0601. The predicted octanol–water partition coefficient (Wildman–Crippen LogP) is 4.44. The van der Waals surface area contributed by atoms with Gasteiger partial charge < -0.3 is 9.47 Å². The van der Waals surface area contributed by atoms with Gasteiger partial charge in [-0.1, -0.05) is 36.4 Å². The molecule has 0 bridgehead atoms. The smallest absolute Gasteiger partial charge is 0.337 e. The van der Waals surface area contributed by atoms with E-state index in [2.05, 4.69) is 0 Å². The number of carbonyl (C=O) groups excluding carboxylic acids is 1. The van der Waals surface area contributed by atoms with E-state index in [0.717, 1.165) is 16.3 Å². The first kappa shape index (κ1) is 15.0. The summed E-state index contributed by atoms with van der Waals surface area (Å²) < 4.78 is 24.0. The average molecular weight is 310 g/mol. The van der Waals surface area contributed by atoms with Crippen molar-refractivity contribution in [2.24, 2.45) is 0 Å². The van der Waals surface area contributed by atoms with Gasteiger partial charge in [-0.15, -0.1) is 0 Å². The van der Waals surface area contributed by atoms with E-state index in [1.54, 1.807) is 24.3 Å². The molecule has 3 aromatic carbocycles. The number of fused-ring (bicyclic) bond motifs is 1. The predicted molar refractivity (Wildman–Crippen MR) is 87.2 cm³/mol. The molecule has 0 saturated heterocycles. The third kappa shape index (κ3) is 2.63. The Morgan fingerprint density at radius 2 is 1.70 bits per heavy atom. The maximum atomic E-state index is 14.0. The molecule has 0 spiro atoms. The van der Waals surface area contributed by atoms with Crippen LogP contribution in [0.3, 0.4) is 0 Å². The molecular weight excluding hydrogens is 295 g/mol. The van der Waals surface area contributed by atoms with Gasteiger partial charge in [0.1, 0.15) is 0 Å². The van der Waals surface area contributed by atoms with Crippen molar-refractivity contribution in [3.05, 3.63) is 66.0 Å². The van der Waals surface area contributed by atoms with Gasteiger partial charge in [0.25, 0.3) is 0 Å². The molecule has 0 unspecified atom stereocenters. The summed E-state index contributed by atoms with van der Waals surface area (Å²) in [4.78, 5) is 11.8. The second kappa shape index (κ2) is 6.08. The van der Waals surface area contributed by atoms with Crippen LogP contribution in [0.1, 0.15) is 10.4 Å². The zero-order valence-electron chi connectivity index (χ0n) is 12.8. The van der Waals surface area contributed by atoms with Crippen LogP contribution in [0.15, 0.2) is 54.6 Å². The van der Waals surface area contributed by atoms with Crippen LogP contribution >= 0.6 is 0 Å². The molecule has 0 N–H and O–H groups in total. The zero-order valence-corrected chi connectivity index (χ0v) is 12.8. The molecule has 0 heterocycles. The molecule has 4 heteroatoms. The third-order valence-electron chi connectivity index (χ3n) is 3.76. The Morgan fingerprint density at radius 3 is 2.43 bits per heavy atom. The molecule has 3 rings (SSSR count). The van der Waals surface area contributed by atoms with Crippen molar-refractivity contribution in [3.63, 3.8) is 0 Å². The molecule has 0 saturated carbocycles. The number of rotatable bonds is 3. The van der Waals surface area contributed by atoms with Gasteiger partial charge in [0.15, 0.2) is 11.6 Å². The van der Waals surface area contributed by atoms with E-state index in [4.69, 9.17) is 9.47 Å². The highest BCUT2D eigenvalue weighted by Gasteiger charge is 2.14. The fraction of sp³-hybridized carbons (Fsp3) is 0.105. The minimum atomic E-state index is -0.425. The van der Waals surface area contributed by atoms with Crippen molar-refractivity contribution in [1.82, 2.24) is 0 Å². The maximum Gasteiger partial charge on any atom is 0.337 e. The van der Waals surface area contributed by atoms with Crippen molar-refractivity contribution in [1.29, 1.82) is 0 Å². The molecule has 0 aliphatic carbocycles. The average Bonchev–Trinajstić information content (AvgIpc) is 2.59. The monoisotopic (exact) mass is 310 g/mol. The molecule has 0 amide bonds. The van der Waals surface area contributed by atoms with E-state index in [1.807, 2.05) is 24.3 Å². The van der Waals surface area contributed by atoms with Crippen LogP contribution in [-0.4, -0.2) is 20.2 Å². The number of hydrogen-bond donors (Lipinski definition) is 0. The summed E-state index contributed by atoms with van der Waals surface area (Å²) in [6.45, 7) is 0. The normalized spacial score (nSPS) is 10.6. The van der Waals surface area contributed by atoms with Gasteiger partial charge in [-0.2, -0.15) is 0 Å². The van der Waals surface area contributed by atoms with Crippen molar-refractivity contribution < 1.29 is 18.7 Å². The minimum absolute atomic E-state index is 0.184. The topological polar surface area (TPSA) is 35.5 Å². The van der Waals surface area contributed by atoms with E-state index in [0.29, 0.717) is 11.1 Å². The van der Waals surface area contributed by atoms with Crippen LogP contribution < -0.4 is 4.74 Å². The molecule has 0 aliphatic heterocycles. The Morgan fingerprint density at radius 1 is 0.957 bits per heavy atom. The van der Waals surface area contributed by atoms with Crippen molar-refractivity contribution >= 4 is 16.7 Å². The number of ether oxygens (including phenoxy) is 2. The second-order valence-electron chi connectivity index (χ2n) is 5.05. The number of methoxy groups -OCH3 is 2. The summed E-state index contributed by atoms with van der Waals surface area (Å²) in [5, 5.41) is 1.78. The summed E-state index contributed by atoms with van der Waals surface area (Å²) in [6.07, 6.45) is 0. The first-order valence-corrected chi connectivity index (χ1v) is 7.09. The number of para-hydroxylation sites is 1. The Balaban J connectivity index is 2.29. The molecule has 116 valence electrons. The van der Waals surface area contributed by atoms with Crippen LogP contribution in [-0.2, 0) is 4.74 Å². The van der Waals surface area contributed by atoms with Gasteiger partial charge in [-0.3, -0.25) is 0 Å². The van der Waals surface area contributed by atoms with Crippen LogP contribution in [0.5, 0.6) is 5.75 Å². The molecule has 0 radical (unpaired) electrons. The van der Waals surface area contributed by atoms with Crippen molar-refractivity contribution in [3.8, 4) is 16.9 Å². The van der Waals surface area contributed by atoms with Crippen LogP contribution in [0.4, 0.5) is 4.39 Å². The summed E-state index contributed by atoms with van der Waals surface area (Å²) in [7, 11) is 2.78. The van der Waals surface area contributed by atoms with E-state index >= 15 is 0 Å². The van der Waals surface area contributed by atoms with E-state index in [-0.39, 0.29) is 5.75 Å². The van der Waals surface area contributed by atoms with Crippen LogP contribution in [0.2, 0.25) is 0 Å². The fourth-order valence-electron chi connectivity index (χ4n) is 2.68. The first-order chi connectivity index (χ1) is 11.2. The maximum absolute atomic E-state index is 14.0. The van der Waals surface area contributed by atoms with Gasteiger partial charge in [0.2, 0.25) is 0 Å². The van der Waals surface area contributed by atoms with E-state index in [9.17, 15) is 9.18 Å². The Bertz CT molecular complexity index is 887. The molecule has 3 nitrogen and oxygen atoms in total. The lowest BCUT2D eigenvalue weighted by Gasteiger charge is -2.12. The standard InChI is InChI=1S/C19H15FO3/c1-22-18-15(7-4-8-17(18)20)14-6-3-5-12-9-10-13(11-16(12)14)19(21)23-2/h3-11H,1-2H3. The number of carbonyl (C=O) groups is 1. The van der Waals surface area contributed by atoms with Crippen molar-refractivity contribution in [2.75, 3.05) is 14.2 Å². The zero-order chi connectivity index (χ0) is 16.4. The highest BCUT2D eigenvalue weighted by atomic mass is 19.1. The number of benzene rings is 3. The molecule has 0 atom stereocenters. The van der Waals surface area contributed by atoms with Gasteiger partial charge in [-0.25, -0.2) is 9.18 Å². The third-order valence-corrected chi connectivity index (χ3v) is 3.76. The van der Waals surface area contributed by atoms with Crippen molar-refractivity contribution in [2.45, 2.75) is 0 Å². The Labute approximate surface area is 133 Å². The number of halogens is 1. The minimum Gasteiger partial charge on any atom is -0.493 e. The van der Waals surface area contributed by atoms with E-state index < -0.39 is 11.8 Å². The lowest BCUT2D eigenvalue weighted by Crippen LogP contribution is -2.01. The lowest BCUT2D eigenvalue weighted by atomic mass is 9.96. The molecule has 3 aromatic rings. The molecule has 23 heavy (non-hydrogen) atoms. The largest absolute Gasteiger partial charge is 0.493 e. The first-order valence-electron chi connectivity index (χ1n) is 7.09. The van der Waals surface area contributed by atoms with Crippen LogP contribution in [0, 0.1) is 5.82 Å². The summed E-state index contributed by atoms with van der Waals surface area (Å²) >= 11 is 0. The molecular formula is C19H15FO3. The summed E-state index contributed by atoms with van der Waals surface area (Å²) in [5.41, 5.74) is 1.88. The van der Waals surface area contributed by atoms with Gasteiger partial charge >= 0.3 is 5.97 Å². The SMILES string of the molecule is COC(=O)c1ccc2cccc(-c3cccc(F)c3OC)c2c1. The fourth-order valence-corrected chi connectivity index (χ4v) is 2.68.